The second-order valence-electron chi connectivity index (χ2n) is 4.46. The van der Waals surface area contributed by atoms with Gasteiger partial charge in [-0.1, -0.05) is 19.1 Å². The number of likely N-dealkylation sites (N-methyl/N-ethyl adjacent to an activating group) is 1. The Kier molecular flexibility index (Phi) is 4.26. The Balaban J connectivity index is 1.91. The van der Waals surface area contributed by atoms with Crippen LogP contribution in [0.4, 0.5) is 0 Å². The number of rotatable bonds is 7. The van der Waals surface area contributed by atoms with Gasteiger partial charge in [-0.25, -0.2) is 0 Å². The highest BCUT2D eigenvalue weighted by molar-refractivity contribution is 5.39. The lowest BCUT2D eigenvalue weighted by Gasteiger charge is -2.18. The van der Waals surface area contributed by atoms with Crippen molar-refractivity contribution in [3.8, 4) is 11.5 Å². The molecular formula is C14H21NO2. The Bertz CT molecular complexity index is 350. The Morgan fingerprint density at radius 2 is 2.00 bits per heavy atom. The molecule has 1 aromatic rings. The highest BCUT2D eigenvalue weighted by Gasteiger charge is 2.31. The summed E-state index contributed by atoms with van der Waals surface area (Å²) in [7, 11) is 1.67. The van der Waals surface area contributed by atoms with Gasteiger partial charge in [0.15, 0.2) is 11.5 Å². The highest BCUT2D eigenvalue weighted by atomic mass is 16.5. The number of ether oxygens (including phenoxy) is 2. The average Bonchev–Trinajstić information content (AvgIpc) is 3.19. The predicted molar refractivity (Wildman–Crippen MR) is 68.7 cm³/mol. The lowest BCUT2D eigenvalue weighted by atomic mass is 10.2. The summed E-state index contributed by atoms with van der Waals surface area (Å²) in [4.78, 5) is 0. The van der Waals surface area contributed by atoms with Gasteiger partial charge in [-0.15, -0.1) is 0 Å². The molecule has 17 heavy (non-hydrogen) atoms. The van der Waals surface area contributed by atoms with Crippen molar-refractivity contribution in [2.24, 2.45) is 5.92 Å². The molecule has 1 saturated carbocycles. The number of nitrogens with one attached hydrogen (secondary N) is 1. The van der Waals surface area contributed by atoms with Crippen molar-refractivity contribution < 1.29 is 9.47 Å². The smallest absolute Gasteiger partial charge is 0.161 e. The molecule has 0 saturated heterocycles. The molecule has 3 heteroatoms. The van der Waals surface area contributed by atoms with E-state index in [1.165, 1.54) is 12.8 Å². The van der Waals surface area contributed by atoms with E-state index in [9.17, 15) is 0 Å². The van der Waals surface area contributed by atoms with Crippen LogP contribution < -0.4 is 14.8 Å². The van der Waals surface area contributed by atoms with Crippen LogP contribution in [-0.2, 0) is 0 Å². The third-order valence-electron chi connectivity index (χ3n) is 3.14. The van der Waals surface area contributed by atoms with E-state index in [0.29, 0.717) is 6.04 Å². The third-order valence-corrected chi connectivity index (χ3v) is 3.14. The normalized spacial score (nSPS) is 16.6. The second-order valence-corrected chi connectivity index (χ2v) is 4.46. The van der Waals surface area contributed by atoms with E-state index >= 15 is 0 Å². The van der Waals surface area contributed by atoms with Gasteiger partial charge in [0.2, 0.25) is 0 Å². The molecule has 0 radical (unpaired) electrons. The van der Waals surface area contributed by atoms with E-state index in [1.807, 2.05) is 24.3 Å². The first-order valence-electron chi connectivity index (χ1n) is 6.34. The van der Waals surface area contributed by atoms with E-state index < -0.39 is 0 Å². The molecule has 1 fully saturated rings. The third kappa shape index (κ3) is 3.37. The van der Waals surface area contributed by atoms with Crippen LogP contribution in [-0.4, -0.2) is 26.3 Å². The van der Waals surface area contributed by atoms with Crippen LogP contribution in [0.2, 0.25) is 0 Å². The first kappa shape index (κ1) is 12.2. The van der Waals surface area contributed by atoms with Gasteiger partial charge in [0, 0.05) is 6.04 Å². The number of hydrogen-bond acceptors (Lipinski definition) is 3. The van der Waals surface area contributed by atoms with Crippen LogP contribution >= 0.6 is 0 Å². The standard InChI is InChI=1S/C14H21NO2/c1-3-15-12(11-8-9-11)10-17-14-7-5-4-6-13(14)16-2/h4-7,11-12,15H,3,8-10H2,1-2H3. The average molecular weight is 235 g/mol. The van der Waals surface area contributed by atoms with Crippen molar-refractivity contribution in [1.29, 1.82) is 0 Å². The van der Waals surface area contributed by atoms with Crippen LogP contribution in [0.25, 0.3) is 0 Å². The minimum Gasteiger partial charge on any atom is -0.493 e. The molecule has 2 rings (SSSR count). The molecule has 0 amide bonds. The maximum atomic E-state index is 5.86. The van der Waals surface area contributed by atoms with E-state index in [0.717, 1.165) is 30.6 Å². The quantitative estimate of drug-likeness (QED) is 0.787. The summed E-state index contributed by atoms with van der Waals surface area (Å²) in [6.45, 7) is 3.85. The molecule has 0 heterocycles. The van der Waals surface area contributed by atoms with Crippen LogP contribution in [0.5, 0.6) is 11.5 Å². The molecule has 0 aromatic heterocycles. The molecule has 1 N–H and O–H groups in total. The van der Waals surface area contributed by atoms with E-state index in [4.69, 9.17) is 9.47 Å². The highest BCUT2D eigenvalue weighted by Crippen LogP contribution is 2.33. The lowest BCUT2D eigenvalue weighted by Crippen LogP contribution is -2.36. The number of para-hydroxylation sites is 2. The summed E-state index contributed by atoms with van der Waals surface area (Å²) in [6.07, 6.45) is 2.65. The molecule has 0 spiro atoms. The van der Waals surface area contributed by atoms with E-state index in [2.05, 4.69) is 12.2 Å². The molecule has 1 aliphatic carbocycles. The SMILES string of the molecule is CCNC(COc1ccccc1OC)C1CC1. The van der Waals surface area contributed by atoms with Gasteiger partial charge >= 0.3 is 0 Å². The summed E-state index contributed by atoms with van der Waals surface area (Å²) in [5.74, 6) is 2.43. The molecule has 94 valence electrons. The Morgan fingerprint density at radius 1 is 1.29 bits per heavy atom. The van der Waals surface area contributed by atoms with Crippen LogP contribution in [0.3, 0.4) is 0 Å². The molecule has 3 nitrogen and oxygen atoms in total. The topological polar surface area (TPSA) is 30.5 Å². The largest absolute Gasteiger partial charge is 0.493 e. The maximum Gasteiger partial charge on any atom is 0.161 e. The summed E-state index contributed by atoms with van der Waals surface area (Å²) < 4.78 is 11.1. The second kappa shape index (κ2) is 5.92. The van der Waals surface area contributed by atoms with Crippen molar-refractivity contribution in [3.05, 3.63) is 24.3 Å². The Labute approximate surface area is 103 Å². The van der Waals surface area contributed by atoms with E-state index in [1.54, 1.807) is 7.11 Å². The van der Waals surface area contributed by atoms with Crippen LogP contribution in [0, 0.1) is 5.92 Å². The van der Waals surface area contributed by atoms with Gasteiger partial charge in [0.05, 0.1) is 7.11 Å². The zero-order chi connectivity index (χ0) is 12.1. The van der Waals surface area contributed by atoms with Crippen molar-refractivity contribution in [1.82, 2.24) is 5.32 Å². The molecule has 1 aromatic carbocycles. The van der Waals surface area contributed by atoms with Crippen molar-refractivity contribution in [2.75, 3.05) is 20.3 Å². The molecule has 1 unspecified atom stereocenters. The fraction of sp³-hybridized carbons (Fsp3) is 0.571. The monoisotopic (exact) mass is 235 g/mol. The summed E-state index contributed by atoms with van der Waals surface area (Å²) in [5.41, 5.74) is 0. The molecule has 0 aliphatic heterocycles. The van der Waals surface area contributed by atoms with Gasteiger partial charge in [0.25, 0.3) is 0 Å². The molecular weight excluding hydrogens is 214 g/mol. The minimum atomic E-state index is 0.477. The van der Waals surface area contributed by atoms with Gasteiger partial charge in [-0.05, 0) is 37.4 Å². The summed E-state index contributed by atoms with van der Waals surface area (Å²) in [6, 6.07) is 8.28. The van der Waals surface area contributed by atoms with Crippen molar-refractivity contribution >= 4 is 0 Å². The lowest BCUT2D eigenvalue weighted by molar-refractivity contribution is 0.240. The number of benzene rings is 1. The Morgan fingerprint density at radius 3 is 2.59 bits per heavy atom. The number of methoxy groups -OCH3 is 1. The summed E-state index contributed by atoms with van der Waals surface area (Å²) >= 11 is 0. The van der Waals surface area contributed by atoms with Gasteiger partial charge in [-0.2, -0.15) is 0 Å². The van der Waals surface area contributed by atoms with Crippen molar-refractivity contribution in [3.63, 3.8) is 0 Å². The minimum absolute atomic E-state index is 0.477. The molecule has 0 bridgehead atoms. The van der Waals surface area contributed by atoms with Gasteiger partial charge < -0.3 is 14.8 Å². The Hall–Kier alpha value is -1.22. The maximum absolute atomic E-state index is 5.86. The molecule has 1 atom stereocenters. The fourth-order valence-electron chi connectivity index (χ4n) is 2.04. The van der Waals surface area contributed by atoms with Crippen LogP contribution in [0.15, 0.2) is 24.3 Å². The van der Waals surface area contributed by atoms with Crippen LogP contribution in [0.1, 0.15) is 19.8 Å². The zero-order valence-electron chi connectivity index (χ0n) is 10.6. The van der Waals surface area contributed by atoms with Gasteiger partial charge in [0.1, 0.15) is 6.61 Å². The number of hydrogen-bond donors (Lipinski definition) is 1. The zero-order valence-corrected chi connectivity index (χ0v) is 10.6. The summed E-state index contributed by atoms with van der Waals surface area (Å²) in [5, 5.41) is 3.49. The fourth-order valence-corrected chi connectivity index (χ4v) is 2.04. The van der Waals surface area contributed by atoms with Crippen molar-refractivity contribution in [2.45, 2.75) is 25.8 Å². The first-order valence-corrected chi connectivity index (χ1v) is 6.34. The predicted octanol–water partition coefficient (Wildman–Crippen LogP) is 2.46. The van der Waals surface area contributed by atoms with Gasteiger partial charge in [-0.3, -0.25) is 0 Å². The first-order chi connectivity index (χ1) is 8.35. The van der Waals surface area contributed by atoms with E-state index in [-0.39, 0.29) is 0 Å². The molecule has 1 aliphatic rings.